The molecule has 3 heteroatoms. The molecule has 1 heterocycles. The third kappa shape index (κ3) is 2.78. The minimum absolute atomic E-state index is 0.600. The van der Waals surface area contributed by atoms with Crippen LogP contribution in [0.25, 0.3) is 0 Å². The molecule has 0 spiro atoms. The number of aryl methyl sites for hydroxylation is 1. The average Bonchev–Trinajstić information content (AvgIpc) is 3.16. The molecule has 20 heavy (non-hydrogen) atoms. The molecule has 1 N–H and O–H groups in total. The third-order valence-electron chi connectivity index (χ3n) is 4.70. The quantitative estimate of drug-likeness (QED) is 0.909. The van der Waals surface area contributed by atoms with Gasteiger partial charge in [0.1, 0.15) is 0 Å². The van der Waals surface area contributed by atoms with E-state index < -0.39 is 0 Å². The van der Waals surface area contributed by atoms with Gasteiger partial charge >= 0.3 is 0 Å². The van der Waals surface area contributed by atoms with Gasteiger partial charge in [0.05, 0.1) is 0 Å². The van der Waals surface area contributed by atoms with Crippen LogP contribution in [-0.4, -0.2) is 43.7 Å². The molecule has 1 aliphatic heterocycles. The molecule has 0 radical (unpaired) electrons. The lowest BCUT2D eigenvalue weighted by Crippen LogP contribution is -2.31. The zero-order chi connectivity index (χ0) is 14.3. The van der Waals surface area contributed by atoms with Crippen molar-refractivity contribution in [1.29, 1.82) is 0 Å². The Kier molecular flexibility index (Phi) is 3.63. The molecule has 0 aromatic heterocycles. The second-order valence-corrected chi connectivity index (χ2v) is 6.75. The van der Waals surface area contributed by atoms with E-state index in [1.807, 2.05) is 0 Å². The van der Waals surface area contributed by atoms with Crippen molar-refractivity contribution in [2.45, 2.75) is 51.2 Å². The number of nitrogens with one attached hydrogen (secondary N) is 1. The lowest BCUT2D eigenvalue weighted by molar-refractivity contribution is 0.257. The van der Waals surface area contributed by atoms with Gasteiger partial charge in [-0.15, -0.1) is 0 Å². The first-order valence-corrected chi connectivity index (χ1v) is 7.85. The summed E-state index contributed by atoms with van der Waals surface area (Å²) in [5.41, 5.74) is 3.90. The van der Waals surface area contributed by atoms with Gasteiger partial charge in [-0.1, -0.05) is 6.07 Å². The standard InChI is InChI=1S/C17H27N3/c1-12-5-6-14(10-17(12)19(3)4)18-15-9-13(2)20(11-15)16-7-8-16/h5-6,10,13,15-16,18H,7-9,11H2,1-4H3. The summed E-state index contributed by atoms with van der Waals surface area (Å²) >= 11 is 0. The largest absolute Gasteiger partial charge is 0.381 e. The summed E-state index contributed by atoms with van der Waals surface area (Å²) in [6.45, 7) is 5.75. The fourth-order valence-electron chi connectivity index (χ4n) is 3.49. The Hall–Kier alpha value is -1.22. The Morgan fingerprint density at radius 3 is 2.65 bits per heavy atom. The van der Waals surface area contributed by atoms with Crippen molar-refractivity contribution in [3.05, 3.63) is 23.8 Å². The lowest BCUT2D eigenvalue weighted by Gasteiger charge is -2.21. The minimum atomic E-state index is 0.600. The van der Waals surface area contributed by atoms with Gasteiger partial charge in [0.25, 0.3) is 0 Å². The highest BCUT2D eigenvalue weighted by molar-refractivity contribution is 5.62. The maximum absolute atomic E-state index is 3.74. The predicted molar refractivity (Wildman–Crippen MR) is 86.7 cm³/mol. The smallest absolute Gasteiger partial charge is 0.0411 e. The first kappa shape index (κ1) is 13.7. The van der Waals surface area contributed by atoms with Crippen LogP contribution in [-0.2, 0) is 0 Å². The van der Waals surface area contributed by atoms with Crippen LogP contribution in [0.4, 0.5) is 11.4 Å². The molecule has 1 saturated heterocycles. The van der Waals surface area contributed by atoms with Gasteiger partial charge in [0.15, 0.2) is 0 Å². The maximum Gasteiger partial charge on any atom is 0.0411 e. The van der Waals surface area contributed by atoms with Crippen LogP contribution in [0, 0.1) is 6.92 Å². The second kappa shape index (κ2) is 5.28. The van der Waals surface area contributed by atoms with Crippen molar-refractivity contribution >= 4 is 11.4 Å². The fraction of sp³-hybridized carbons (Fsp3) is 0.647. The molecule has 1 aromatic carbocycles. The Bertz CT molecular complexity index is 479. The Labute approximate surface area is 123 Å². The summed E-state index contributed by atoms with van der Waals surface area (Å²) in [5, 5.41) is 3.74. The molecule has 0 bridgehead atoms. The predicted octanol–water partition coefficient (Wildman–Crippen LogP) is 3.10. The second-order valence-electron chi connectivity index (χ2n) is 6.75. The normalized spacial score (nSPS) is 26.8. The van der Waals surface area contributed by atoms with E-state index in [0.717, 1.165) is 12.1 Å². The van der Waals surface area contributed by atoms with Crippen molar-refractivity contribution in [1.82, 2.24) is 4.90 Å². The van der Waals surface area contributed by atoms with E-state index in [2.05, 4.69) is 61.3 Å². The van der Waals surface area contributed by atoms with E-state index >= 15 is 0 Å². The van der Waals surface area contributed by atoms with Crippen molar-refractivity contribution in [3.63, 3.8) is 0 Å². The molecule has 2 aliphatic rings. The molecule has 3 rings (SSSR count). The van der Waals surface area contributed by atoms with Crippen molar-refractivity contribution in [2.24, 2.45) is 0 Å². The van der Waals surface area contributed by atoms with Gasteiger partial charge in [0, 0.05) is 50.1 Å². The summed E-state index contributed by atoms with van der Waals surface area (Å²) in [5.74, 6) is 0. The number of rotatable bonds is 4. The highest BCUT2D eigenvalue weighted by Crippen LogP contribution is 2.34. The van der Waals surface area contributed by atoms with Gasteiger partial charge < -0.3 is 10.2 Å². The van der Waals surface area contributed by atoms with Crippen LogP contribution >= 0.6 is 0 Å². The molecule has 2 fully saturated rings. The van der Waals surface area contributed by atoms with Crippen LogP contribution in [0.15, 0.2) is 18.2 Å². The Morgan fingerprint density at radius 1 is 1.25 bits per heavy atom. The monoisotopic (exact) mass is 273 g/mol. The highest BCUT2D eigenvalue weighted by atomic mass is 15.3. The molecule has 0 amide bonds. The Morgan fingerprint density at radius 2 is 2.00 bits per heavy atom. The topological polar surface area (TPSA) is 18.5 Å². The molecule has 110 valence electrons. The summed E-state index contributed by atoms with van der Waals surface area (Å²) in [6.07, 6.45) is 4.08. The van der Waals surface area contributed by atoms with Crippen LogP contribution in [0.2, 0.25) is 0 Å². The number of anilines is 2. The van der Waals surface area contributed by atoms with Gasteiger partial charge in [0.2, 0.25) is 0 Å². The van der Waals surface area contributed by atoms with Gasteiger partial charge in [-0.05, 0) is 50.8 Å². The first-order chi connectivity index (χ1) is 9.54. The first-order valence-electron chi connectivity index (χ1n) is 7.85. The molecule has 2 unspecified atom stereocenters. The van der Waals surface area contributed by atoms with Crippen molar-refractivity contribution in [3.8, 4) is 0 Å². The maximum atomic E-state index is 3.74. The summed E-state index contributed by atoms with van der Waals surface area (Å²) in [6, 6.07) is 8.93. The zero-order valence-electron chi connectivity index (χ0n) is 13.2. The summed E-state index contributed by atoms with van der Waals surface area (Å²) < 4.78 is 0. The van der Waals surface area contributed by atoms with Crippen molar-refractivity contribution < 1.29 is 0 Å². The summed E-state index contributed by atoms with van der Waals surface area (Å²) in [7, 11) is 4.22. The van der Waals surface area contributed by atoms with E-state index in [1.165, 1.54) is 42.7 Å². The molecule has 2 atom stereocenters. The molecule has 1 aliphatic carbocycles. The number of hydrogen-bond donors (Lipinski definition) is 1. The van der Waals surface area contributed by atoms with E-state index in [4.69, 9.17) is 0 Å². The zero-order valence-corrected chi connectivity index (χ0v) is 13.2. The van der Waals surface area contributed by atoms with E-state index in [9.17, 15) is 0 Å². The van der Waals surface area contributed by atoms with E-state index in [1.54, 1.807) is 0 Å². The molecular weight excluding hydrogens is 246 g/mol. The SMILES string of the molecule is Cc1ccc(NC2CC(C)N(C3CC3)C2)cc1N(C)C. The third-order valence-corrected chi connectivity index (χ3v) is 4.70. The molecule has 3 nitrogen and oxygen atoms in total. The van der Waals surface area contributed by atoms with Crippen LogP contribution in [0.1, 0.15) is 31.7 Å². The average molecular weight is 273 g/mol. The highest BCUT2D eigenvalue weighted by Gasteiger charge is 2.38. The number of likely N-dealkylation sites (tertiary alicyclic amines) is 1. The van der Waals surface area contributed by atoms with Crippen LogP contribution in [0.5, 0.6) is 0 Å². The van der Waals surface area contributed by atoms with Crippen LogP contribution in [0.3, 0.4) is 0 Å². The van der Waals surface area contributed by atoms with Gasteiger partial charge in [-0.2, -0.15) is 0 Å². The van der Waals surface area contributed by atoms with Crippen molar-refractivity contribution in [2.75, 3.05) is 30.9 Å². The summed E-state index contributed by atoms with van der Waals surface area (Å²) in [4.78, 5) is 4.88. The molecular formula is C17H27N3. The number of nitrogens with zero attached hydrogens (tertiary/aromatic N) is 2. The molecule has 1 aromatic rings. The van der Waals surface area contributed by atoms with Crippen LogP contribution < -0.4 is 10.2 Å². The Balaban J connectivity index is 1.67. The minimum Gasteiger partial charge on any atom is -0.381 e. The number of benzene rings is 1. The van der Waals surface area contributed by atoms with Gasteiger partial charge in [-0.25, -0.2) is 0 Å². The number of hydrogen-bond acceptors (Lipinski definition) is 3. The lowest BCUT2D eigenvalue weighted by atomic mass is 10.1. The van der Waals surface area contributed by atoms with Gasteiger partial charge in [-0.3, -0.25) is 4.90 Å². The molecule has 1 saturated carbocycles. The fourth-order valence-corrected chi connectivity index (χ4v) is 3.49. The van der Waals surface area contributed by atoms with E-state index in [-0.39, 0.29) is 0 Å². The van der Waals surface area contributed by atoms with E-state index in [0.29, 0.717) is 6.04 Å².